The number of rotatable bonds is 3. The third kappa shape index (κ3) is 3.23. The van der Waals surface area contributed by atoms with Crippen molar-refractivity contribution in [2.24, 2.45) is 0 Å². The second kappa shape index (κ2) is 7.37. The number of hydrogen-bond acceptors (Lipinski definition) is 4. The normalized spacial score (nSPS) is 20.0. The lowest BCUT2D eigenvalue weighted by molar-refractivity contribution is -0.138. The van der Waals surface area contributed by atoms with Crippen LogP contribution in [0.5, 0.6) is 0 Å². The lowest BCUT2D eigenvalue weighted by Gasteiger charge is -2.22. The van der Waals surface area contributed by atoms with E-state index in [4.69, 9.17) is 0 Å². The highest BCUT2D eigenvalue weighted by Gasteiger charge is 2.36. The third-order valence-electron chi connectivity index (χ3n) is 4.77. The van der Waals surface area contributed by atoms with E-state index in [1.54, 1.807) is 11.0 Å². The Morgan fingerprint density at radius 1 is 1.00 bits per heavy atom. The number of benzene rings is 2. The van der Waals surface area contributed by atoms with E-state index in [1.165, 1.54) is 23.5 Å². The summed E-state index contributed by atoms with van der Waals surface area (Å²) >= 11 is 3.90. The zero-order valence-electron chi connectivity index (χ0n) is 14.1. The maximum absolute atomic E-state index is 13.0. The molecule has 0 aliphatic carbocycles. The van der Waals surface area contributed by atoms with E-state index in [9.17, 15) is 14.7 Å². The Labute approximate surface area is 161 Å². The summed E-state index contributed by atoms with van der Waals surface area (Å²) in [6, 6.07) is 15.1. The zero-order chi connectivity index (χ0) is 18.1. The first kappa shape index (κ1) is 17.5. The Morgan fingerprint density at radius 3 is 2.38 bits per heavy atom. The first-order chi connectivity index (χ1) is 12.6. The molecule has 0 aromatic heterocycles. The molecule has 4 rings (SSSR count). The molecule has 1 N–H and O–H groups in total. The number of thioether (sulfide) groups is 2. The van der Waals surface area contributed by atoms with Crippen LogP contribution in [0.15, 0.2) is 48.5 Å². The summed E-state index contributed by atoms with van der Waals surface area (Å²) in [4.78, 5) is 26.1. The molecule has 6 heteroatoms. The van der Waals surface area contributed by atoms with Crippen molar-refractivity contribution in [3.8, 4) is 0 Å². The molecule has 1 unspecified atom stereocenters. The van der Waals surface area contributed by atoms with Gasteiger partial charge in [-0.05, 0) is 47.3 Å². The van der Waals surface area contributed by atoms with Crippen molar-refractivity contribution in [3.63, 3.8) is 0 Å². The van der Waals surface area contributed by atoms with Gasteiger partial charge < -0.3 is 10.0 Å². The monoisotopic (exact) mass is 385 g/mol. The van der Waals surface area contributed by atoms with Crippen LogP contribution in [0.25, 0.3) is 0 Å². The van der Waals surface area contributed by atoms with Crippen LogP contribution in [-0.4, -0.2) is 35.0 Å². The molecule has 0 radical (unpaired) electrons. The fraction of sp³-hybridized carbons (Fsp3) is 0.300. The standard InChI is InChI=1S/C20H19NO3S2/c22-18(13-6-8-14(9-7-13)20-25-10-3-11-26-20)21-12-16(19(23)24)15-4-1-2-5-17(15)21/h1-2,4-9,16,20H,3,10-12H2,(H,23,24). The Balaban J connectivity index is 1.57. The number of anilines is 1. The Bertz CT molecular complexity index is 831. The lowest BCUT2D eigenvalue weighted by atomic mass is 10.0. The topological polar surface area (TPSA) is 57.6 Å². The second-order valence-corrected chi connectivity index (χ2v) is 9.14. The van der Waals surface area contributed by atoms with E-state index >= 15 is 0 Å². The number of aliphatic carboxylic acids is 1. The predicted octanol–water partition coefficient (Wildman–Crippen LogP) is 4.38. The van der Waals surface area contributed by atoms with Crippen molar-refractivity contribution >= 4 is 41.1 Å². The quantitative estimate of drug-likeness (QED) is 0.849. The average Bonchev–Trinajstić information content (AvgIpc) is 3.08. The summed E-state index contributed by atoms with van der Waals surface area (Å²) in [5.74, 6) is 0.662. The fourth-order valence-corrected chi connectivity index (χ4v) is 6.32. The molecule has 2 aromatic carbocycles. The molecule has 2 aliphatic heterocycles. The van der Waals surface area contributed by atoms with Gasteiger partial charge in [0.2, 0.25) is 0 Å². The molecule has 1 fully saturated rings. The zero-order valence-corrected chi connectivity index (χ0v) is 15.8. The van der Waals surface area contributed by atoms with Crippen molar-refractivity contribution in [2.45, 2.75) is 16.9 Å². The van der Waals surface area contributed by atoms with Gasteiger partial charge in [-0.25, -0.2) is 0 Å². The van der Waals surface area contributed by atoms with Gasteiger partial charge >= 0.3 is 5.97 Å². The number of carbonyl (C=O) groups excluding carboxylic acids is 1. The molecule has 134 valence electrons. The highest BCUT2D eigenvalue weighted by atomic mass is 32.2. The first-order valence-electron chi connectivity index (χ1n) is 8.62. The number of hydrogen-bond donors (Lipinski definition) is 1. The largest absolute Gasteiger partial charge is 0.481 e. The van der Waals surface area contributed by atoms with Crippen LogP contribution in [0, 0.1) is 0 Å². The first-order valence-corrected chi connectivity index (χ1v) is 10.7. The highest BCUT2D eigenvalue weighted by Crippen LogP contribution is 2.43. The molecule has 0 spiro atoms. The molecule has 1 atom stereocenters. The summed E-state index contributed by atoms with van der Waals surface area (Å²) < 4.78 is 0.441. The van der Waals surface area contributed by atoms with E-state index in [1.807, 2.05) is 66.0 Å². The molecule has 0 saturated carbocycles. The van der Waals surface area contributed by atoms with Crippen molar-refractivity contribution < 1.29 is 14.7 Å². The average molecular weight is 386 g/mol. The van der Waals surface area contributed by atoms with Gasteiger partial charge in [0, 0.05) is 17.8 Å². The van der Waals surface area contributed by atoms with Crippen LogP contribution < -0.4 is 4.90 Å². The van der Waals surface area contributed by atoms with Gasteiger partial charge in [0.1, 0.15) is 5.92 Å². The van der Waals surface area contributed by atoms with Crippen molar-refractivity contribution in [1.29, 1.82) is 0 Å². The predicted molar refractivity (Wildman–Crippen MR) is 107 cm³/mol. The summed E-state index contributed by atoms with van der Waals surface area (Å²) in [5, 5.41) is 9.47. The van der Waals surface area contributed by atoms with E-state index in [0.717, 1.165) is 0 Å². The van der Waals surface area contributed by atoms with Crippen LogP contribution in [0.4, 0.5) is 5.69 Å². The van der Waals surface area contributed by atoms with E-state index in [0.29, 0.717) is 21.4 Å². The highest BCUT2D eigenvalue weighted by molar-refractivity contribution is 8.16. The van der Waals surface area contributed by atoms with Crippen molar-refractivity contribution in [3.05, 3.63) is 65.2 Å². The molecule has 26 heavy (non-hydrogen) atoms. The number of fused-ring (bicyclic) bond motifs is 1. The van der Waals surface area contributed by atoms with Crippen LogP contribution in [0.2, 0.25) is 0 Å². The minimum Gasteiger partial charge on any atom is -0.481 e. The molecular weight excluding hydrogens is 366 g/mol. The summed E-state index contributed by atoms with van der Waals surface area (Å²) in [6.45, 7) is 0.184. The van der Waals surface area contributed by atoms with E-state index in [-0.39, 0.29) is 12.5 Å². The molecular formula is C20H19NO3S2. The third-order valence-corrected chi connectivity index (χ3v) is 7.78. The summed E-state index contributed by atoms with van der Waals surface area (Å²) in [5.41, 5.74) is 3.24. The SMILES string of the molecule is O=C(O)C1CN(C(=O)c2ccc(C3SCCCS3)cc2)c2ccccc21. The number of carbonyl (C=O) groups is 2. The van der Waals surface area contributed by atoms with Gasteiger partial charge in [-0.1, -0.05) is 30.3 Å². The number of carboxylic acids is 1. The van der Waals surface area contributed by atoms with Crippen LogP contribution >= 0.6 is 23.5 Å². The number of amides is 1. The Kier molecular flexibility index (Phi) is 4.96. The van der Waals surface area contributed by atoms with E-state index < -0.39 is 11.9 Å². The van der Waals surface area contributed by atoms with Crippen LogP contribution in [-0.2, 0) is 4.79 Å². The maximum atomic E-state index is 13.0. The van der Waals surface area contributed by atoms with Gasteiger partial charge in [-0.15, -0.1) is 23.5 Å². The van der Waals surface area contributed by atoms with Gasteiger partial charge in [-0.2, -0.15) is 0 Å². The van der Waals surface area contributed by atoms with E-state index in [2.05, 4.69) is 0 Å². The van der Waals surface area contributed by atoms with Crippen molar-refractivity contribution in [2.75, 3.05) is 23.0 Å². The maximum Gasteiger partial charge on any atom is 0.312 e. The minimum absolute atomic E-state index is 0.142. The molecule has 0 bridgehead atoms. The lowest BCUT2D eigenvalue weighted by Crippen LogP contribution is -2.31. The molecule has 4 nitrogen and oxygen atoms in total. The van der Waals surface area contributed by atoms with Gasteiger partial charge in [0.15, 0.2) is 0 Å². The van der Waals surface area contributed by atoms with Gasteiger partial charge in [0.25, 0.3) is 5.91 Å². The van der Waals surface area contributed by atoms with Crippen molar-refractivity contribution in [1.82, 2.24) is 0 Å². The number of nitrogens with zero attached hydrogens (tertiary/aromatic N) is 1. The molecule has 1 amide bonds. The summed E-state index contributed by atoms with van der Waals surface area (Å²) in [6.07, 6.45) is 1.25. The van der Waals surface area contributed by atoms with Crippen LogP contribution in [0.3, 0.4) is 0 Å². The van der Waals surface area contributed by atoms with Crippen LogP contribution in [0.1, 0.15) is 38.4 Å². The second-order valence-electron chi connectivity index (χ2n) is 6.41. The number of para-hydroxylation sites is 1. The minimum atomic E-state index is -0.894. The van der Waals surface area contributed by atoms with Gasteiger partial charge in [-0.3, -0.25) is 9.59 Å². The molecule has 1 saturated heterocycles. The summed E-state index contributed by atoms with van der Waals surface area (Å²) in [7, 11) is 0. The molecule has 2 aliphatic rings. The Morgan fingerprint density at radius 2 is 1.69 bits per heavy atom. The smallest absolute Gasteiger partial charge is 0.312 e. The fourth-order valence-electron chi connectivity index (χ4n) is 3.43. The Hall–Kier alpha value is -1.92. The molecule has 2 heterocycles. The number of carboxylic acid groups (broad SMARTS) is 1. The van der Waals surface area contributed by atoms with Gasteiger partial charge in [0.05, 0.1) is 4.58 Å². The molecule has 2 aromatic rings.